The van der Waals surface area contributed by atoms with Gasteiger partial charge in [0.1, 0.15) is 12.4 Å². The van der Waals surface area contributed by atoms with E-state index in [4.69, 9.17) is 0 Å². The second-order valence-corrected chi connectivity index (χ2v) is 8.53. The fourth-order valence-corrected chi connectivity index (χ4v) is 4.81. The van der Waals surface area contributed by atoms with Crippen LogP contribution in [-0.4, -0.2) is 21.6 Å². The second-order valence-electron chi connectivity index (χ2n) is 7.55. The predicted octanol–water partition coefficient (Wildman–Crippen LogP) is 4.08. The SMILES string of the molecule is CCC(C(=O)Nc1c2c(nn1CC(=O)NCc1ccccc1)CSC2)c1ccccc1. The van der Waals surface area contributed by atoms with Gasteiger partial charge in [-0.15, -0.1) is 0 Å². The van der Waals surface area contributed by atoms with E-state index in [1.165, 1.54) is 0 Å². The Hall–Kier alpha value is -3.06. The molecule has 160 valence electrons. The number of hydrogen-bond acceptors (Lipinski definition) is 4. The first kappa shape index (κ1) is 21.2. The molecule has 0 saturated carbocycles. The third-order valence-electron chi connectivity index (χ3n) is 5.41. The molecular weight excluding hydrogens is 408 g/mol. The van der Waals surface area contributed by atoms with E-state index >= 15 is 0 Å². The van der Waals surface area contributed by atoms with Gasteiger partial charge in [0.2, 0.25) is 11.8 Å². The molecular formula is C24H26N4O2S. The van der Waals surface area contributed by atoms with E-state index in [1.54, 1.807) is 16.4 Å². The molecule has 0 fully saturated rings. The van der Waals surface area contributed by atoms with Crippen molar-refractivity contribution in [2.45, 2.75) is 43.9 Å². The van der Waals surface area contributed by atoms with Crippen LogP contribution < -0.4 is 10.6 Å². The smallest absolute Gasteiger partial charge is 0.242 e. The van der Waals surface area contributed by atoms with Gasteiger partial charge < -0.3 is 10.6 Å². The lowest BCUT2D eigenvalue weighted by atomic mass is 9.95. The van der Waals surface area contributed by atoms with Gasteiger partial charge in [-0.1, -0.05) is 67.6 Å². The number of aromatic nitrogens is 2. The normalized spacial score (nSPS) is 13.5. The van der Waals surface area contributed by atoms with Crippen LogP contribution in [0.5, 0.6) is 0 Å². The first-order valence-corrected chi connectivity index (χ1v) is 11.6. The van der Waals surface area contributed by atoms with Crippen molar-refractivity contribution in [2.75, 3.05) is 5.32 Å². The van der Waals surface area contributed by atoms with Crippen molar-refractivity contribution in [1.29, 1.82) is 0 Å². The minimum Gasteiger partial charge on any atom is -0.350 e. The number of anilines is 1. The average Bonchev–Trinajstić information content (AvgIpc) is 3.37. The summed E-state index contributed by atoms with van der Waals surface area (Å²) in [5.41, 5.74) is 4.00. The number of hydrogen-bond donors (Lipinski definition) is 2. The highest BCUT2D eigenvalue weighted by Gasteiger charge is 2.27. The molecule has 31 heavy (non-hydrogen) atoms. The Labute approximate surface area is 186 Å². The fraction of sp³-hybridized carbons (Fsp3) is 0.292. The van der Waals surface area contributed by atoms with Crippen LogP contribution in [-0.2, 0) is 34.2 Å². The van der Waals surface area contributed by atoms with Gasteiger partial charge in [-0.3, -0.25) is 9.59 Å². The number of carbonyl (C=O) groups excluding carboxylic acids is 2. The largest absolute Gasteiger partial charge is 0.350 e. The topological polar surface area (TPSA) is 76.0 Å². The number of fused-ring (bicyclic) bond motifs is 1. The molecule has 0 radical (unpaired) electrons. The maximum absolute atomic E-state index is 13.1. The van der Waals surface area contributed by atoms with E-state index in [0.717, 1.165) is 33.9 Å². The second kappa shape index (κ2) is 9.83. The maximum Gasteiger partial charge on any atom is 0.242 e. The molecule has 1 aliphatic heterocycles. The number of thioether (sulfide) groups is 1. The summed E-state index contributed by atoms with van der Waals surface area (Å²) in [4.78, 5) is 25.7. The number of nitrogens with one attached hydrogen (secondary N) is 2. The highest BCUT2D eigenvalue weighted by Crippen LogP contribution is 2.35. The zero-order valence-electron chi connectivity index (χ0n) is 17.5. The number of carbonyl (C=O) groups is 2. The predicted molar refractivity (Wildman–Crippen MR) is 124 cm³/mol. The molecule has 6 nitrogen and oxygen atoms in total. The van der Waals surface area contributed by atoms with Gasteiger partial charge in [-0.05, 0) is 17.5 Å². The Balaban J connectivity index is 1.48. The van der Waals surface area contributed by atoms with Crippen LogP contribution in [0.15, 0.2) is 60.7 Å². The summed E-state index contributed by atoms with van der Waals surface area (Å²) in [6, 6.07) is 19.6. The summed E-state index contributed by atoms with van der Waals surface area (Å²) in [6.45, 7) is 2.54. The van der Waals surface area contributed by atoms with Crippen molar-refractivity contribution in [1.82, 2.24) is 15.1 Å². The number of benzene rings is 2. The average molecular weight is 435 g/mol. The zero-order valence-corrected chi connectivity index (χ0v) is 18.3. The Morgan fingerprint density at radius 2 is 1.77 bits per heavy atom. The van der Waals surface area contributed by atoms with Crippen molar-refractivity contribution in [3.63, 3.8) is 0 Å². The Kier molecular flexibility index (Phi) is 6.72. The van der Waals surface area contributed by atoms with Crippen molar-refractivity contribution in [2.24, 2.45) is 0 Å². The molecule has 1 aliphatic rings. The number of nitrogens with zero attached hydrogens (tertiary/aromatic N) is 2. The molecule has 2 amide bonds. The third-order valence-corrected chi connectivity index (χ3v) is 6.38. The Bertz CT molecular complexity index is 1050. The standard InChI is InChI=1S/C24H26N4O2S/c1-2-19(18-11-7-4-8-12-18)24(30)26-23-20-15-31-16-21(20)27-28(23)14-22(29)25-13-17-9-5-3-6-10-17/h3-12,19H,2,13-16H2,1H3,(H,25,29)(H,26,30). The van der Waals surface area contributed by atoms with Gasteiger partial charge in [0, 0.05) is 23.6 Å². The molecule has 0 bridgehead atoms. The van der Waals surface area contributed by atoms with Crippen LogP contribution in [0.3, 0.4) is 0 Å². The summed E-state index contributed by atoms with van der Waals surface area (Å²) >= 11 is 1.77. The first-order valence-electron chi connectivity index (χ1n) is 10.5. The van der Waals surface area contributed by atoms with E-state index in [9.17, 15) is 9.59 Å². The van der Waals surface area contributed by atoms with Crippen LogP contribution in [0.4, 0.5) is 5.82 Å². The summed E-state index contributed by atoms with van der Waals surface area (Å²) in [5, 5.41) is 10.6. The van der Waals surface area contributed by atoms with Gasteiger partial charge in [0.05, 0.1) is 11.6 Å². The molecule has 2 aromatic carbocycles. The fourth-order valence-electron chi connectivity index (χ4n) is 3.77. The minimum absolute atomic E-state index is 0.0701. The van der Waals surface area contributed by atoms with Crippen LogP contribution in [0.1, 0.15) is 41.6 Å². The number of rotatable bonds is 8. The monoisotopic (exact) mass is 434 g/mol. The zero-order chi connectivity index (χ0) is 21.6. The number of amides is 2. The lowest BCUT2D eigenvalue weighted by molar-refractivity contribution is -0.122. The van der Waals surface area contributed by atoms with E-state index < -0.39 is 0 Å². The first-order chi connectivity index (χ1) is 15.2. The van der Waals surface area contributed by atoms with Crippen LogP contribution in [0.25, 0.3) is 0 Å². The quantitative estimate of drug-likeness (QED) is 0.560. The molecule has 2 heterocycles. The molecule has 0 saturated heterocycles. The van der Waals surface area contributed by atoms with Crippen LogP contribution in [0, 0.1) is 0 Å². The summed E-state index contributed by atoms with van der Waals surface area (Å²) in [6.07, 6.45) is 0.693. The summed E-state index contributed by atoms with van der Waals surface area (Å²) in [7, 11) is 0. The molecule has 4 rings (SSSR count). The van der Waals surface area contributed by atoms with E-state index in [2.05, 4.69) is 15.7 Å². The highest BCUT2D eigenvalue weighted by molar-refractivity contribution is 7.98. The molecule has 1 unspecified atom stereocenters. The highest BCUT2D eigenvalue weighted by atomic mass is 32.2. The van der Waals surface area contributed by atoms with Gasteiger partial charge >= 0.3 is 0 Å². The lowest BCUT2D eigenvalue weighted by Crippen LogP contribution is -2.29. The Morgan fingerprint density at radius 3 is 2.48 bits per heavy atom. The van der Waals surface area contributed by atoms with Gasteiger partial charge in [-0.2, -0.15) is 16.9 Å². The van der Waals surface area contributed by atoms with Crippen molar-refractivity contribution >= 4 is 29.4 Å². The van der Waals surface area contributed by atoms with E-state index in [0.29, 0.717) is 18.8 Å². The van der Waals surface area contributed by atoms with Crippen molar-refractivity contribution in [3.8, 4) is 0 Å². The van der Waals surface area contributed by atoms with Crippen molar-refractivity contribution in [3.05, 3.63) is 83.0 Å². The molecule has 0 spiro atoms. The van der Waals surface area contributed by atoms with Gasteiger partial charge in [-0.25, -0.2) is 4.68 Å². The van der Waals surface area contributed by atoms with Crippen LogP contribution in [0.2, 0.25) is 0 Å². The van der Waals surface area contributed by atoms with E-state index in [1.807, 2.05) is 67.6 Å². The molecule has 3 aromatic rings. The van der Waals surface area contributed by atoms with Crippen molar-refractivity contribution < 1.29 is 9.59 Å². The van der Waals surface area contributed by atoms with Gasteiger partial charge in [0.25, 0.3) is 0 Å². The minimum atomic E-state index is -0.249. The maximum atomic E-state index is 13.1. The molecule has 7 heteroatoms. The molecule has 0 aliphatic carbocycles. The molecule has 1 atom stereocenters. The van der Waals surface area contributed by atoms with E-state index in [-0.39, 0.29) is 24.3 Å². The molecule has 1 aromatic heterocycles. The van der Waals surface area contributed by atoms with Gasteiger partial charge in [0.15, 0.2) is 0 Å². The third kappa shape index (κ3) is 4.99. The van der Waals surface area contributed by atoms with Crippen LogP contribution >= 0.6 is 11.8 Å². The summed E-state index contributed by atoms with van der Waals surface area (Å²) in [5.74, 6) is 1.78. The Morgan fingerprint density at radius 1 is 1.06 bits per heavy atom. The molecule has 2 N–H and O–H groups in total. The summed E-state index contributed by atoms with van der Waals surface area (Å²) < 4.78 is 1.64. The lowest BCUT2D eigenvalue weighted by Gasteiger charge is -2.17.